The van der Waals surface area contributed by atoms with Gasteiger partial charge in [0.15, 0.2) is 0 Å². The number of rotatable bonds is 7. The van der Waals surface area contributed by atoms with E-state index >= 15 is 0 Å². The van der Waals surface area contributed by atoms with Crippen LogP contribution in [0, 0.1) is 0 Å². The van der Waals surface area contributed by atoms with Gasteiger partial charge in [-0.05, 0) is 19.4 Å². The quantitative estimate of drug-likeness (QED) is 0.604. The van der Waals surface area contributed by atoms with Crippen LogP contribution >= 0.6 is 11.3 Å². The van der Waals surface area contributed by atoms with Gasteiger partial charge in [-0.25, -0.2) is 9.78 Å². The van der Waals surface area contributed by atoms with E-state index in [4.69, 9.17) is 10.5 Å². The summed E-state index contributed by atoms with van der Waals surface area (Å²) in [6, 6.07) is 1.77. The molecule has 2 rings (SSSR count). The molecule has 0 saturated carbocycles. The first kappa shape index (κ1) is 14.4. The number of ether oxygens (including phenoxy) is 1. The first-order valence-electron chi connectivity index (χ1n) is 6.46. The molecule has 2 heterocycles. The van der Waals surface area contributed by atoms with Crippen LogP contribution in [-0.2, 0) is 11.3 Å². The second-order valence-corrected chi connectivity index (χ2v) is 5.25. The Balaban J connectivity index is 1.81. The number of aryl methyl sites for hydroxylation is 1. The van der Waals surface area contributed by atoms with Crippen molar-refractivity contribution in [1.82, 2.24) is 9.55 Å². The predicted octanol–water partition coefficient (Wildman–Crippen LogP) is 2.21. The van der Waals surface area contributed by atoms with Gasteiger partial charge in [0, 0.05) is 25.5 Å². The molecule has 2 aromatic rings. The lowest BCUT2D eigenvalue weighted by Gasteiger charge is -2.04. The lowest BCUT2D eigenvalue weighted by molar-refractivity contribution is 0.0533. The fourth-order valence-corrected chi connectivity index (χ4v) is 2.64. The highest BCUT2D eigenvalue weighted by Crippen LogP contribution is 2.29. The third-order valence-electron chi connectivity index (χ3n) is 2.67. The number of thiophene rings is 1. The minimum absolute atomic E-state index is 0.351. The highest BCUT2D eigenvalue weighted by molar-refractivity contribution is 7.18. The van der Waals surface area contributed by atoms with E-state index < -0.39 is 0 Å². The molecule has 20 heavy (non-hydrogen) atoms. The van der Waals surface area contributed by atoms with E-state index in [2.05, 4.69) is 10.3 Å². The summed E-state index contributed by atoms with van der Waals surface area (Å²) in [4.78, 5) is 16.1. The second kappa shape index (κ2) is 6.95. The normalized spacial score (nSPS) is 10.4. The summed E-state index contributed by atoms with van der Waals surface area (Å²) >= 11 is 1.33. The molecule has 0 aliphatic heterocycles. The van der Waals surface area contributed by atoms with Gasteiger partial charge in [0.25, 0.3) is 0 Å². The maximum absolute atomic E-state index is 11.6. The van der Waals surface area contributed by atoms with Gasteiger partial charge in [0.1, 0.15) is 4.88 Å². The standard InChI is InChI=1S/C13H18N4O2S/c1-2-19-13(18)12-10(14)8-11(20-12)16-4-3-6-17-7-5-15-9-17/h5,7-9,16H,2-4,6,14H2,1H3. The van der Waals surface area contributed by atoms with Crippen LogP contribution in [0.3, 0.4) is 0 Å². The van der Waals surface area contributed by atoms with Crippen molar-refractivity contribution in [3.63, 3.8) is 0 Å². The van der Waals surface area contributed by atoms with Crippen molar-refractivity contribution in [1.29, 1.82) is 0 Å². The number of hydrogen-bond donors (Lipinski definition) is 2. The van der Waals surface area contributed by atoms with Gasteiger partial charge in [0.05, 0.1) is 23.6 Å². The molecule has 0 unspecified atom stereocenters. The highest BCUT2D eigenvalue weighted by Gasteiger charge is 2.15. The number of hydrogen-bond acceptors (Lipinski definition) is 6. The van der Waals surface area contributed by atoms with Crippen LogP contribution in [0.2, 0.25) is 0 Å². The molecule has 0 bridgehead atoms. The molecule has 0 amide bonds. The zero-order chi connectivity index (χ0) is 14.4. The third-order valence-corrected chi connectivity index (χ3v) is 3.76. The van der Waals surface area contributed by atoms with Gasteiger partial charge in [-0.2, -0.15) is 0 Å². The number of imidazole rings is 1. The lowest BCUT2D eigenvalue weighted by Crippen LogP contribution is -2.04. The number of esters is 1. The molecule has 108 valence electrons. The Morgan fingerprint density at radius 3 is 3.15 bits per heavy atom. The molecular formula is C13H18N4O2S. The van der Waals surface area contributed by atoms with Gasteiger partial charge < -0.3 is 20.4 Å². The summed E-state index contributed by atoms with van der Waals surface area (Å²) < 4.78 is 6.97. The molecule has 0 fully saturated rings. The number of carbonyl (C=O) groups excluding carboxylic acids is 1. The van der Waals surface area contributed by atoms with Crippen LogP contribution in [0.15, 0.2) is 24.8 Å². The van der Waals surface area contributed by atoms with Crippen LogP contribution in [0.25, 0.3) is 0 Å². The predicted molar refractivity (Wildman–Crippen MR) is 80.0 cm³/mol. The molecule has 0 aromatic carbocycles. The summed E-state index contributed by atoms with van der Waals surface area (Å²) in [5.74, 6) is -0.360. The number of aromatic nitrogens is 2. The van der Waals surface area contributed by atoms with Crippen LogP contribution in [0.1, 0.15) is 23.0 Å². The molecule has 0 radical (unpaired) electrons. The average Bonchev–Trinajstić information content (AvgIpc) is 3.04. The van der Waals surface area contributed by atoms with Crippen molar-refractivity contribution < 1.29 is 9.53 Å². The smallest absolute Gasteiger partial charge is 0.350 e. The molecule has 0 aliphatic carbocycles. The number of nitrogens with zero attached hydrogens (tertiary/aromatic N) is 2. The number of carbonyl (C=O) groups is 1. The SMILES string of the molecule is CCOC(=O)c1sc(NCCCn2ccnc2)cc1N. The van der Waals surface area contributed by atoms with E-state index in [1.807, 2.05) is 10.8 Å². The van der Waals surface area contributed by atoms with E-state index in [-0.39, 0.29) is 5.97 Å². The minimum atomic E-state index is -0.360. The van der Waals surface area contributed by atoms with Gasteiger partial charge in [-0.3, -0.25) is 0 Å². The molecule has 6 nitrogen and oxygen atoms in total. The first-order chi connectivity index (χ1) is 9.70. The molecule has 0 saturated heterocycles. The Kier molecular flexibility index (Phi) is 5.00. The number of nitrogens with two attached hydrogens (primary N) is 1. The molecule has 7 heteroatoms. The largest absolute Gasteiger partial charge is 0.462 e. The van der Waals surface area contributed by atoms with Crippen LogP contribution < -0.4 is 11.1 Å². The Bertz CT molecular complexity index is 551. The van der Waals surface area contributed by atoms with E-state index in [0.717, 1.165) is 24.5 Å². The van der Waals surface area contributed by atoms with Crippen LogP contribution in [-0.4, -0.2) is 28.7 Å². The van der Waals surface area contributed by atoms with Crippen molar-refractivity contribution in [2.45, 2.75) is 19.9 Å². The minimum Gasteiger partial charge on any atom is -0.462 e. The maximum Gasteiger partial charge on any atom is 0.350 e. The number of anilines is 2. The maximum atomic E-state index is 11.6. The van der Waals surface area contributed by atoms with Gasteiger partial charge in [-0.1, -0.05) is 0 Å². The van der Waals surface area contributed by atoms with Crippen molar-refractivity contribution in [2.24, 2.45) is 0 Å². The zero-order valence-corrected chi connectivity index (χ0v) is 12.2. The summed E-state index contributed by atoms with van der Waals surface area (Å²) in [7, 11) is 0. The van der Waals surface area contributed by atoms with Gasteiger partial charge >= 0.3 is 5.97 Å². The fraction of sp³-hybridized carbons (Fsp3) is 0.385. The third kappa shape index (κ3) is 3.74. The summed E-state index contributed by atoms with van der Waals surface area (Å²) in [6.07, 6.45) is 6.45. The Morgan fingerprint density at radius 1 is 1.60 bits per heavy atom. The molecule has 0 aliphatic rings. The van der Waals surface area contributed by atoms with Crippen molar-refractivity contribution in [3.05, 3.63) is 29.7 Å². The van der Waals surface area contributed by atoms with Crippen molar-refractivity contribution >= 4 is 28.0 Å². The molecule has 2 aromatic heterocycles. The zero-order valence-electron chi connectivity index (χ0n) is 11.3. The van der Waals surface area contributed by atoms with E-state index in [0.29, 0.717) is 17.2 Å². The van der Waals surface area contributed by atoms with Crippen molar-refractivity contribution in [3.8, 4) is 0 Å². The van der Waals surface area contributed by atoms with E-state index in [9.17, 15) is 4.79 Å². The van der Waals surface area contributed by atoms with Crippen molar-refractivity contribution in [2.75, 3.05) is 24.2 Å². The topological polar surface area (TPSA) is 82.2 Å². The van der Waals surface area contributed by atoms with E-state index in [1.165, 1.54) is 11.3 Å². The Hall–Kier alpha value is -2.02. The number of nitrogen functional groups attached to an aromatic ring is 1. The monoisotopic (exact) mass is 294 g/mol. The highest BCUT2D eigenvalue weighted by atomic mass is 32.1. The van der Waals surface area contributed by atoms with E-state index in [1.54, 1.807) is 25.5 Å². The summed E-state index contributed by atoms with van der Waals surface area (Å²) in [5.41, 5.74) is 6.27. The second-order valence-electron chi connectivity index (χ2n) is 4.20. The Labute approximate surface area is 121 Å². The fourth-order valence-electron chi connectivity index (χ4n) is 1.74. The van der Waals surface area contributed by atoms with Crippen LogP contribution in [0.5, 0.6) is 0 Å². The van der Waals surface area contributed by atoms with Gasteiger partial charge in [-0.15, -0.1) is 11.3 Å². The number of nitrogens with one attached hydrogen (secondary N) is 1. The van der Waals surface area contributed by atoms with Crippen LogP contribution in [0.4, 0.5) is 10.7 Å². The average molecular weight is 294 g/mol. The van der Waals surface area contributed by atoms with Gasteiger partial charge in [0.2, 0.25) is 0 Å². The lowest BCUT2D eigenvalue weighted by atomic mass is 10.4. The molecule has 0 atom stereocenters. The summed E-state index contributed by atoms with van der Waals surface area (Å²) in [6.45, 7) is 3.83. The molecule has 3 N–H and O–H groups in total. The molecular weight excluding hydrogens is 276 g/mol. The first-order valence-corrected chi connectivity index (χ1v) is 7.28. The Morgan fingerprint density at radius 2 is 2.45 bits per heavy atom. The summed E-state index contributed by atoms with van der Waals surface area (Å²) in [5, 5.41) is 4.15. The molecule has 0 spiro atoms.